The molecule has 1 aromatic heterocycles. The van der Waals surface area contributed by atoms with E-state index in [1.165, 1.54) is 0 Å². The summed E-state index contributed by atoms with van der Waals surface area (Å²) in [4.78, 5) is 35.9. The Labute approximate surface area is 162 Å². The Balaban J connectivity index is 1.97. The summed E-state index contributed by atoms with van der Waals surface area (Å²) in [7, 11) is 0. The van der Waals surface area contributed by atoms with E-state index < -0.39 is 41.7 Å². The second-order valence-corrected chi connectivity index (χ2v) is 6.67. The molecule has 0 aliphatic heterocycles. The van der Waals surface area contributed by atoms with Gasteiger partial charge in [0.05, 0.1) is 22.2 Å². The first-order valence-corrected chi connectivity index (χ1v) is 8.81. The number of hydrogen-bond donors (Lipinski definition) is 1. The summed E-state index contributed by atoms with van der Waals surface area (Å²) in [6, 6.07) is 2.80. The number of ether oxygens (including phenoxy) is 2. The maximum absolute atomic E-state index is 13.2. The van der Waals surface area contributed by atoms with Gasteiger partial charge < -0.3 is 14.8 Å². The van der Waals surface area contributed by atoms with Crippen LogP contribution in [0.15, 0.2) is 18.2 Å². The second kappa shape index (κ2) is 8.92. The highest BCUT2D eigenvalue weighted by atomic mass is 35.5. The van der Waals surface area contributed by atoms with Crippen molar-refractivity contribution in [1.82, 2.24) is 0 Å². The highest BCUT2D eigenvalue weighted by Gasteiger charge is 2.19. The van der Waals surface area contributed by atoms with Crippen molar-refractivity contribution >= 4 is 45.8 Å². The number of carbonyl (C=O) groups excluding carboxylic acids is 3. The van der Waals surface area contributed by atoms with Crippen molar-refractivity contribution in [1.29, 1.82) is 0 Å². The molecule has 1 heterocycles. The number of benzene rings is 1. The van der Waals surface area contributed by atoms with E-state index in [1.807, 2.05) is 0 Å². The SMILES string of the molecule is CCOC(=O)c1sc(NC(=O)COC(=O)c2cc(F)c(F)cc2Cl)cc1C. The van der Waals surface area contributed by atoms with Crippen molar-refractivity contribution in [3.8, 4) is 0 Å². The molecule has 2 rings (SSSR count). The number of nitrogens with one attached hydrogen (secondary N) is 1. The molecule has 0 saturated carbocycles. The van der Waals surface area contributed by atoms with Crippen molar-refractivity contribution in [3.63, 3.8) is 0 Å². The van der Waals surface area contributed by atoms with Gasteiger partial charge in [-0.05, 0) is 37.6 Å². The molecule has 1 amide bonds. The van der Waals surface area contributed by atoms with Gasteiger partial charge in [0.2, 0.25) is 0 Å². The Morgan fingerprint density at radius 2 is 1.78 bits per heavy atom. The highest BCUT2D eigenvalue weighted by molar-refractivity contribution is 7.18. The van der Waals surface area contributed by atoms with Gasteiger partial charge in [-0.1, -0.05) is 11.6 Å². The molecule has 0 unspecified atom stereocenters. The Bertz CT molecular complexity index is 900. The normalized spacial score (nSPS) is 10.4. The molecule has 27 heavy (non-hydrogen) atoms. The highest BCUT2D eigenvalue weighted by Crippen LogP contribution is 2.27. The second-order valence-electron chi connectivity index (χ2n) is 5.21. The van der Waals surface area contributed by atoms with Gasteiger partial charge in [-0.3, -0.25) is 4.79 Å². The fraction of sp³-hybridized carbons (Fsp3) is 0.235. The minimum Gasteiger partial charge on any atom is -0.462 e. The fourth-order valence-corrected chi connectivity index (χ4v) is 3.21. The summed E-state index contributed by atoms with van der Waals surface area (Å²) < 4.78 is 35.9. The lowest BCUT2D eigenvalue weighted by molar-refractivity contribution is -0.119. The number of amides is 1. The maximum atomic E-state index is 13.2. The molecule has 6 nitrogen and oxygen atoms in total. The van der Waals surface area contributed by atoms with Crippen LogP contribution < -0.4 is 5.32 Å². The molecule has 0 radical (unpaired) electrons. The van der Waals surface area contributed by atoms with Crippen LogP contribution in [0.5, 0.6) is 0 Å². The van der Waals surface area contributed by atoms with Gasteiger partial charge >= 0.3 is 11.9 Å². The third-order valence-corrected chi connectivity index (χ3v) is 4.65. The number of thiophene rings is 1. The van der Waals surface area contributed by atoms with Gasteiger partial charge in [0.1, 0.15) is 4.88 Å². The van der Waals surface area contributed by atoms with Crippen LogP contribution in [0, 0.1) is 18.6 Å². The predicted molar refractivity (Wildman–Crippen MR) is 95.3 cm³/mol. The van der Waals surface area contributed by atoms with Crippen LogP contribution in [0.25, 0.3) is 0 Å². The van der Waals surface area contributed by atoms with E-state index in [1.54, 1.807) is 19.9 Å². The molecule has 0 spiro atoms. The first-order valence-electron chi connectivity index (χ1n) is 7.62. The summed E-state index contributed by atoms with van der Waals surface area (Å²) >= 11 is 6.68. The maximum Gasteiger partial charge on any atom is 0.348 e. The van der Waals surface area contributed by atoms with E-state index in [4.69, 9.17) is 21.1 Å². The Morgan fingerprint density at radius 1 is 1.11 bits per heavy atom. The topological polar surface area (TPSA) is 81.7 Å². The minimum atomic E-state index is -1.27. The molecular weight excluding hydrogens is 404 g/mol. The van der Waals surface area contributed by atoms with Crippen molar-refractivity contribution in [2.24, 2.45) is 0 Å². The largest absolute Gasteiger partial charge is 0.462 e. The molecule has 144 valence electrons. The van der Waals surface area contributed by atoms with Crippen molar-refractivity contribution in [2.75, 3.05) is 18.5 Å². The number of carbonyl (C=O) groups is 3. The molecule has 0 aliphatic carbocycles. The third kappa shape index (κ3) is 5.24. The lowest BCUT2D eigenvalue weighted by atomic mass is 10.2. The van der Waals surface area contributed by atoms with Gasteiger partial charge in [0, 0.05) is 0 Å². The van der Waals surface area contributed by atoms with Crippen LogP contribution in [-0.2, 0) is 14.3 Å². The van der Waals surface area contributed by atoms with E-state index in [0.717, 1.165) is 11.3 Å². The van der Waals surface area contributed by atoms with Crippen LogP contribution in [0.4, 0.5) is 13.8 Å². The number of rotatable bonds is 6. The average molecular weight is 418 g/mol. The zero-order chi connectivity index (χ0) is 20.1. The molecule has 0 bridgehead atoms. The molecular formula is C17H14ClF2NO5S. The van der Waals surface area contributed by atoms with Crippen molar-refractivity contribution in [2.45, 2.75) is 13.8 Å². The molecule has 0 fully saturated rings. The zero-order valence-electron chi connectivity index (χ0n) is 14.2. The van der Waals surface area contributed by atoms with Crippen LogP contribution in [-0.4, -0.2) is 31.1 Å². The van der Waals surface area contributed by atoms with Crippen molar-refractivity contribution < 1.29 is 32.6 Å². The third-order valence-electron chi connectivity index (χ3n) is 3.21. The van der Waals surface area contributed by atoms with Crippen LogP contribution in [0.2, 0.25) is 5.02 Å². The quantitative estimate of drug-likeness (QED) is 0.568. The number of halogens is 3. The van der Waals surface area contributed by atoms with Crippen LogP contribution in [0.1, 0.15) is 32.5 Å². The van der Waals surface area contributed by atoms with Gasteiger partial charge in [-0.2, -0.15) is 0 Å². The van der Waals surface area contributed by atoms with Gasteiger partial charge in [-0.15, -0.1) is 11.3 Å². The van der Waals surface area contributed by atoms with Gasteiger partial charge in [-0.25, -0.2) is 18.4 Å². The lowest BCUT2D eigenvalue weighted by Crippen LogP contribution is -2.20. The monoisotopic (exact) mass is 417 g/mol. The minimum absolute atomic E-state index is 0.223. The smallest absolute Gasteiger partial charge is 0.348 e. The fourth-order valence-electron chi connectivity index (χ4n) is 2.00. The number of anilines is 1. The Kier molecular flexibility index (Phi) is 6.86. The van der Waals surface area contributed by atoms with Gasteiger partial charge in [0.25, 0.3) is 5.91 Å². The average Bonchev–Trinajstić information content (AvgIpc) is 2.96. The molecule has 1 aromatic carbocycles. The number of aryl methyl sites for hydroxylation is 1. The van der Waals surface area contributed by atoms with E-state index in [2.05, 4.69) is 5.32 Å². The first kappa shape index (κ1) is 20.8. The van der Waals surface area contributed by atoms with E-state index in [9.17, 15) is 23.2 Å². The number of esters is 2. The van der Waals surface area contributed by atoms with E-state index >= 15 is 0 Å². The summed E-state index contributed by atoms with van der Waals surface area (Å²) in [5.41, 5.74) is 0.222. The van der Waals surface area contributed by atoms with Crippen LogP contribution >= 0.6 is 22.9 Å². The molecule has 10 heteroatoms. The summed E-state index contributed by atoms with van der Waals surface area (Å²) in [5, 5.41) is 2.49. The standard InChI is InChI=1S/C17H14ClF2NO5S/c1-3-25-17(24)15-8(2)4-14(27-15)21-13(22)7-26-16(23)9-5-11(19)12(20)6-10(9)18/h4-6H,3,7H2,1-2H3,(H,21,22). The molecule has 2 aromatic rings. The predicted octanol–water partition coefficient (Wildman–Crippen LogP) is 3.96. The molecule has 0 aliphatic rings. The summed E-state index contributed by atoms with van der Waals surface area (Å²) in [6.45, 7) is 2.90. The first-order chi connectivity index (χ1) is 12.7. The Hall–Kier alpha value is -2.52. The van der Waals surface area contributed by atoms with Crippen molar-refractivity contribution in [3.05, 3.63) is 50.9 Å². The van der Waals surface area contributed by atoms with E-state index in [-0.39, 0.29) is 11.6 Å². The Morgan fingerprint density at radius 3 is 2.44 bits per heavy atom. The van der Waals surface area contributed by atoms with E-state index in [0.29, 0.717) is 27.6 Å². The molecule has 0 saturated heterocycles. The summed E-state index contributed by atoms with van der Waals surface area (Å²) in [5.74, 6) is -4.74. The lowest BCUT2D eigenvalue weighted by Gasteiger charge is -2.07. The molecule has 1 N–H and O–H groups in total. The zero-order valence-corrected chi connectivity index (χ0v) is 15.8. The van der Waals surface area contributed by atoms with Gasteiger partial charge in [0.15, 0.2) is 18.2 Å². The number of hydrogen-bond acceptors (Lipinski definition) is 6. The van der Waals surface area contributed by atoms with Crippen LogP contribution in [0.3, 0.4) is 0 Å². The molecule has 0 atom stereocenters. The summed E-state index contributed by atoms with van der Waals surface area (Å²) in [6.07, 6.45) is 0.